The standard InChI is InChI=1S/C23H27NO4S/c1-14-8-15(2)12-24(11-14)21(25)13-28-23(26)20-10-17-5-4-16-9-18(27-3)6-7-19(16)22(17)29-20/h6-7,9-10,14-15H,4-5,8,11-13H2,1-3H3/t14-,15-/m0/s1. The number of nitrogens with zero attached hydrogens (tertiary/aromatic N) is 1. The van der Waals surface area contributed by atoms with Gasteiger partial charge in [-0.15, -0.1) is 11.3 Å². The molecule has 1 aliphatic carbocycles. The van der Waals surface area contributed by atoms with E-state index in [1.165, 1.54) is 22.5 Å². The molecule has 1 amide bonds. The number of rotatable bonds is 4. The molecule has 1 fully saturated rings. The lowest BCUT2D eigenvalue weighted by Gasteiger charge is -2.34. The van der Waals surface area contributed by atoms with Gasteiger partial charge in [-0.3, -0.25) is 4.79 Å². The molecular formula is C23H27NO4S. The number of piperidine rings is 1. The predicted octanol–water partition coefficient (Wildman–Crippen LogP) is 4.18. The van der Waals surface area contributed by atoms with E-state index in [1.807, 2.05) is 17.0 Å². The number of aryl methyl sites for hydroxylation is 2. The lowest BCUT2D eigenvalue weighted by atomic mass is 9.91. The van der Waals surface area contributed by atoms with Crippen LogP contribution >= 0.6 is 11.3 Å². The first-order valence-corrected chi connectivity index (χ1v) is 11.0. The van der Waals surface area contributed by atoms with Crippen molar-refractivity contribution in [3.63, 3.8) is 0 Å². The largest absolute Gasteiger partial charge is 0.497 e. The average Bonchev–Trinajstić information content (AvgIpc) is 3.15. The Morgan fingerprint density at radius 1 is 1.10 bits per heavy atom. The molecule has 0 unspecified atom stereocenters. The Hall–Kier alpha value is -2.34. The predicted molar refractivity (Wildman–Crippen MR) is 114 cm³/mol. The van der Waals surface area contributed by atoms with Crippen molar-refractivity contribution in [2.45, 2.75) is 33.1 Å². The van der Waals surface area contributed by atoms with Crippen molar-refractivity contribution in [2.24, 2.45) is 11.8 Å². The monoisotopic (exact) mass is 413 g/mol. The average molecular weight is 414 g/mol. The molecular weight excluding hydrogens is 386 g/mol. The van der Waals surface area contributed by atoms with E-state index in [0.717, 1.165) is 48.5 Å². The first-order chi connectivity index (χ1) is 13.9. The van der Waals surface area contributed by atoms with Crippen LogP contribution in [0.2, 0.25) is 0 Å². The van der Waals surface area contributed by atoms with Gasteiger partial charge in [-0.05, 0) is 72.1 Å². The number of carbonyl (C=O) groups is 2. The molecule has 154 valence electrons. The summed E-state index contributed by atoms with van der Waals surface area (Å²) in [5, 5.41) is 0. The van der Waals surface area contributed by atoms with E-state index in [-0.39, 0.29) is 12.5 Å². The Morgan fingerprint density at radius 3 is 2.55 bits per heavy atom. The Labute approximate surface area is 175 Å². The zero-order valence-corrected chi connectivity index (χ0v) is 18.0. The van der Waals surface area contributed by atoms with E-state index in [4.69, 9.17) is 9.47 Å². The molecule has 0 bridgehead atoms. The summed E-state index contributed by atoms with van der Waals surface area (Å²) in [5.41, 5.74) is 3.57. The third kappa shape index (κ3) is 4.17. The summed E-state index contributed by atoms with van der Waals surface area (Å²) in [6, 6.07) is 7.99. The van der Waals surface area contributed by atoms with Gasteiger partial charge in [0.05, 0.1) is 7.11 Å². The van der Waals surface area contributed by atoms with Crippen LogP contribution in [-0.2, 0) is 22.4 Å². The van der Waals surface area contributed by atoms with E-state index in [1.54, 1.807) is 7.11 Å². The quantitative estimate of drug-likeness (QED) is 0.706. The molecule has 2 heterocycles. The summed E-state index contributed by atoms with van der Waals surface area (Å²) < 4.78 is 10.7. The van der Waals surface area contributed by atoms with Gasteiger partial charge in [-0.25, -0.2) is 4.79 Å². The molecule has 0 radical (unpaired) electrons. The molecule has 5 nitrogen and oxygen atoms in total. The maximum Gasteiger partial charge on any atom is 0.348 e. The third-order valence-electron chi connectivity index (χ3n) is 5.78. The zero-order valence-electron chi connectivity index (χ0n) is 17.2. The van der Waals surface area contributed by atoms with E-state index < -0.39 is 5.97 Å². The van der Waals surface area contributed by atoms with Crippen LogP contribution in [0.25, 0.3) is 10.4 Å². The van der Waals surface area contributed by atoms with Gasteiger partial charge in [0.2, 0.25) is 0 Å². The number of ether oxygens (including phenoxy) is 2. The highest BCUT2D eigenvalue weighted by molar-refractivity contribution is 7.17. The lowest BCUT2D eigenvalue weighted by molar-refractivity contribution is -0.137. The van der Waals surface area contributed by atoms with Crippen LogP contribution < -0.4 is 4.74 Å². The van der Waals surface area contributed by atoms with Crippen LogP contribution in [0.3, 0.4) is 0 Å². The smallest absolute Gasteiger partial charge is 0.348 e. The van der Waals surface area contributed by atoms with Gasteiger partial charge in [0.1, 0.15) is 10.6 Å². The number of thiophene rings is 1. The van der Waals surface area contributed by atoms with E-state index in [0.29, 0.717) is 16.7 Å². The number of hydrogen-bond donors (Lipinski definition) is 0. The molecule has 1 aromatic heterocycles. The second-order valence-corrected chi connectivity index (χ2v) is 9.36. The SMILES string of the molecule is COc1ccc2c(c1)CCc1cc(C(=O)OCC(=O)N3C[C@@H](C)C[C@H](C)C3)sc1-2. The van der Waals surface area contributed by atoms with Crippen LogP contribution in [-0.4, -0.2) is 43.6 Å². The van der Waals surface area contributed by atoms with Gasteiger partial charge < -0.3 is 14.4 Å². The van der Waals surface area contributed by atoms with Gasteiger partial charge in [-0.1, -0.05) is 13.8 Å². The molecule has 6 heteroatoms. The topological polar surface area (TPSA) is 55.8 Å². The van der Waals surface area contributed by atoms with E-state index in [9.17, 15) is 9.59 Å². The first-order valence-electron chi connectivity index (χ1n) is 10.2. The van der Waals surface area contributed by atoms with Crippen LogP contribution in [0, 0.1) is 11.8 Å². The Kier molecular flexibility index (Phi) is 5.63. The van der Waals surface area contributed by atoms with Gasteiger partial charge in [0, 0.05) is 18.0 Å². The number of hydrogen-bond acceptors (Lipinski definition) is 5. The Bertz CT molecular complexity index is 925. The summed E-state index contributed by atoms with van der Waals surface area (Å²) in [5.74, 6) is 1.31. The van der Waals surface area contributed by atoms with Gasteiger partial charge >= 0.3 is 5.97 Å². The number of esters is 1. The fraction of sp³-hybridized carbons (Fsp3) is 0.478. The molecule has 0 saturated carbocycles. The molecule has 2 aliphatic rings. The van der Waals surface area contributed by atoms with Crippen LogP contribution in [0.4, 0.5) is 0 Å². The van der Waals surface area contributed by atoms with Crippen LogP contribution in [0.1, 0.15) is 41.1 Å². The Morgan fingerprint density at radius 2 is 1.83 bits per heavy atom. The van der Waals surface area contributed by atoms with Crippen molar-refractivity contribution in [1.82, 2.24) is 4.90 Å². The zero-order chi connectivity index (χ0) is 20.5. The molecule has 1 saturated heterocycles. The summed E-state index contributed by atoms with van der Waals surface area (Å²) in [4.78, 5) is 28.6. The molecule has 0 N–H and O–H groups in total. The van der Waals surface area contributed by atoms with E-state index in [2.05, 4.69) is 26.0 Å². The second kappa shape index (κ2) is 8.19. The number of amides is 1. The summed E-state index contributed by atoms with van der Waals surface area (Å²) in [7, 11) is 1.67. The fourth-order valence-corrected chi connectivity index (χ4v) is 5.66. The molecule has 2 aromatic rings. The number of fused-ring (bicyclic) bond motifs is 3. The second-order valence-electron chi connectivity index (χ2n) is 8.31. The van der Waals surface area contributed by atoms with Crippen molar-refractivity contribution in [2.75, 3.05) is 26.8 Å². The minimum absolute atomic E-state index is 0.101. The highest BCUT2D eigenvalue weighted by atomic mass is 32.1. The fourth-order valence-electron chi connectivity index (χ4n) is 4.49. The molecule has 0 spiro atoms. The van der Waals surface area contributed by atoms with Crippen molar-refractivity contribution in [3.05, 3.63) is 40.3 Å². The van der Waals surface area contributed by atoms with Gasteiger partial charge in [0.15, 0.2) is 6.61 Å². The lowest BCUT2D eigenvalue weighted by Crippen LogP contribution is -2.44. The van der Waals surface area contributed by atoms with Gasteiger partial charge in [0.25, 0.3) is 5.91 Å². The molecule has 4 rings (SSSR count). The first kappa shape index (κ1) is 20.0. The van der Waals surface area contributed by atoms with Crippen LogP contribution in [0.5, 0.6) is 5.75 Å². The van der Waals surface area contributed by atoms with Gasteiger partial charge in [-0.2, -0.15) is 0 Å². The normalized spacial score (nSPS) is 20.6. The maximum absolute atomic E-state index is 12.6. The Balaban J connectivity index is 1.43. The molecule has 2 atom stereocenters. The number of benzene rings is 1. The van der Waals surface area contributed by atoms with Crippen LogP contribution in [0.15, 0.2) is 24.3 Å². The minimum Gasteiger partial charge on any atom is -0.497 e. The molecule has 1 aromatic carbocycles. The van der Waals surface area contributed by atoms with Crippen molar-refractivity contribution >= 4 is 23.2 Å². The molecule has 29 heavy (non-hydrogen) atoms. The third-order valence-corrected chi connectivity index (χ3v) is 6.97. The number of methoxy groups -OCH3 is 1. The maximum atomic E-state index is 12.6. The summed E-state index contributed by atoms with van der Waals surface area (Å²) in [6.07, 6.45) is 2.95. The highest BCUT2D eigenvalue weighted by Crippen LogP contribution is 2.41. The van der Waals surface area contributed by atoms with E-state index >= 15 is 0 Å². The molecule has 1 aliphatic heterocycles. The van der Waals surface area contributed by atoms with Crippen molar-refractivity contribution in [3.8, 4) is 16.2 Å². The van der Waals surface area contributed by atoms with Crippen molar-refractivity contribution in [1.29, 1.82) is 0 Å². The number of likely N-dealkylation sites (tertiary alicyclic amines) is 1. The minimum atomic E-state index is -0.411. The highest BCUT2D eigenvalue weighted by Gasteiger charge is 2.27. The number of carbonyl (C=O) groups excluding carboxylic acids is 2. The summed E-state index contributed by atoms with van der Waals surface area (Å²) in [6.45, 7) is 5.62. The van der Waals surface area contributed by atoms with Crippen molar-refractivity contribution < 1.29 is 19.1 Å². The summed E-state index contributed by atoms with van der Waals surface area (Å²) >= 11 is 1.45.